The van der Waals surface area contributed by atoms with Gasteiger partial charge >= 0.3 is 0 Å². The molecular formula is C16H24N10O. The molecule has 1 atom stereocenters. The molecule has 0 bridgehead atoms. The molecule has 0 aromatic carbocycles. The Morgan fingerprint density at radius 1 is 1.19 bits per heavy atom. The van der Waals surface area contributed by atoms with E-state index in [1.165, 1.54) is 4.80 Å². The Morgan fingerprint density at radius 3 is 2.56 bits per heavy atom. The summed E-state index contributed by atoms with van der Waals surface area (Å²) in [5.74, 6) is 2.05. The van der Waals surface area contributed by atoms with E-state index < -0.39 is 5.60 Å². The van der Waals surface area contributed by atoms with E-state index in [4.69, 9.17) is 4.98 Å². The van der Waals surface area contributed by atoms with Crippen LogP contribution in [0.1, 0.15) is 45.8 Å². The lowest BCUT2D eigenvalue weighted by Crippen LogP contribution is -2.31. The number of fused-ring (bicyclic) bond motifs is 1. The van der Waals surface area contributed by atoms with Gasteiger partial charge in [-0.2, -0.15) is 4.80 Å². The van der Waals surface area contributed by atoms with Crippen molar-refractivity contribution in [2.24, 2.45) is 7.05 Å². The predicted octanol–water partition coefficient (Wildman–Crippen LogP) is 0.0517. The number of tetrazole rings is 1. The highest BCUT2D eigenvalue weighted by Gasteiger charge is 2.34. The lowest BCUT2D eigenvalue weighted by Gasteiger charge is -2.22. The molecule has 3 aromatic heterocycles. The van der Waals surface area contributed by atoms with Gasteiger partial charge in [0, 0.05) is 25.6 Å². The Balaban J connectivity index is 1.80. The Labute approximate surface area is 156 Å². The Hall–Kier alpha value is -2.69. The number of hydrogen-bond acceptors (Lipinski definition) is 9. The van der Waals surface area contributed by atoms with Crippen LogP contribution in [0.4, 0.5) is 5.82 Å². The van der Waals surface area contributed by atoms with Crippen LogP contribution >= 0.6 is 0 Å². The average Bonchev–Trinajstić information content (AvgIpc) is 3.25. The van der Waals surface area contributed by atoms with Gasteiger partial charge in [-0.25, -0.2) is 14.6 Å². The van der Waals surface area contributed by atoms with Gasteiger partial charge in [-0.1, -0.05) is 20.8 Å². The van der Waals surface area contributed by atoms with Gasteiger partial charge in [0.2, 0.25) is 5.65 Å². The molecule has 1 N–H and O–H groups in total. The van der Waals surface area contributed by atoms with E-state index in [-0.39, 0.29) is 5.41 Å². The van der Waals surface area contributed by atoms with Gasteiger partial charge in [0.15, 0.2) is 17.2 Å². The highest BCUT2D eigenvalue weighted by Crippen LogP contribution is 2.31. The first-order chi connectivity index (χ1) is 12.6. The molecule has 0 saturated carbocycles. The third-order valence-corrected chi connectivity index (χ3v) is 4.69. The Bertz CT molecular complexity index is 983. The third kappa shape index (κ3) is 3.34. The van der Waals surface area contributed by atoms with Crippen LogP contribution in [0.2, 0.25) is 0 Å². The van der Waals surface area contributed by atoms with Crippen molar-refractivity contribution >= 4 is 17.0 Å². The standard InChI is InChI=1S/C16H24N10O/c1-15(2,3)14-17-12-11(13(18-14)25-7-6-16(4,27)9-25)20-26(21-12)8-10-19-22-23-24(10)5/h27H,6-9H2,1-5H3/t16-/m1/s1. The second-order valence-corrected chi connectivity index (χ2v) is 8.41. The van der Waals surface area contributed by atoms with E-state index in [1.807, 2.05) is 6.92 Å². The van der Waals surface area contributed by atoms with E-state index in [1.54, 1.807) is 11.7 Å². The maximum atomic E-state index is 10.4. The second kappa shape index (κ2) is 5.91. The number of hydrogen-bond donors (Lipinski definition) is 1. The van der Waals surface area contributed by atoms with Gasteiger partial charge in [0.05, 0.1) is 5.60 Å². The SMILES string of the molecule is Cn1nnnc1Cn1nc2nc(C(C)(C)C)nc(N3CC[C@@](C)(O)C3)c2n1. The molecule has 0 unspecified atom stereocenters. The molecule has 27 heavy (non-hydrogen) atoms. The molecule has 144 valence electrons. The first kappa shape index (κ1) is 17.7. The van der Waals surface area contributed by atoms with E-state index in [9.17, 15) is 5.11 Å². The zero-order valence-corrected chi connectivity index (χ0v) is 16.2. The molecule has 11 heteroatoms. The van der Waals surface area contributed by atoms with Crippen LogP contribution in [0.15, 0.2) is 0 Å². The van der Waals surface area contributed by atoms with Crippen LogP contribution < -0.4 is 4.90 Å². The summed E-state index contributed by atoms with van der Waals surface area (Å²) >= 11 is 0. The lowest BCUT2D eigenvalue weighted by atomic mass is 9.96. The quantitative estimate of drug-likeness (QED) is 0.679. The van der Waals surface area contributed by atoms with Crippen molar-refractivity contribution in [3.05, 3.63) is 11.6 Å². The molecule has 4 rings (SSSR count). The summed E-state index contributed by atoms with van der Waals surface area (Å²) in [4.78, 5) is 13.0. The minimum Gasteiger partial charge on any atom is -0.388 e. The van der Waals surface area contributed by atoms with Crippen LogP contribution in [0.25, 0.3) is 11.2 Å². The zero-order valence-electron chi connectivity index (χ0n) is 16.2. The van der Waals surface area contributed by atoms with Crippen molar-refractivity contribution in [3.63, 3.8) is 0 Å². The topological polar surface area (TPSA) is 124 Å². The lowest BCUT2D eigenvalue weighted by molar-refractivity contribution is 0.0839. The molecule has 0 amide bonds. The normalized spacial score (nSPS) is 20.7. The highest BCUT2D eigenvalue weighted by molar-refractivity contribution is 5.82. The van der Waals surface area contributed by atoms with Crippen LogP contribution in [-0.2, 0) is 19.0 Å². The smallest absolute Gasteiger partial charge is 0.207 e. The minimum absolute atomic E-state index is 0.234. The van der Waals surface area contributed by atoms with Crippen LogP contribution in [0.5, 0.6) is 0 Å². The summed E-state index contributed by atoms with van der Waals surface area (Å²) in [6.07, 6.45) is 0.683. The van der Waals surface area contributed by atoms with Crippen molar-refractivity contribution in [2.75, 3.05) is 18.0 Å². The third-order valence-electron chi connectivity index (χ3n) is 4.69. The second-order valence-electron chi connectivity index (χ2n) is 8.41. The van der Waals surface area contributed by atoms with E-state index >= 15 is 0 Å². The molecule has 1 saturated heterocycles. The molecule has 1 aliphatic rings. The van der Waals surface area contributed by atoms with Crippen LogP contribution in [0, 0.1) is 0 Å². The first-order valence-electron chi connectivity index (χ1n) is 8.94. The molecule has 4 heterocycles. The summed E-state index contributed by atoms with van der Waals surface area (Å²) in [6.45, 7) is 9.58. The number of nitrogens with zero attached hydrogens (tertiary/aromatic N) is 10. The van der Waals surface area contributed by atoms with Crippen LogP contribution in [0.3, 0.4) is 0 Å². The van der Waals surface area contributed by atoms with E-state index in [0.717, 1.165) is 0 Å². The fraction of sp³-hybridized carbons (Fsp3) is 0.688. The monoisotopic (exact) mass is 372 g/mol. The molecule has 1 fully saturated rings. The van der Waals surface area contributed by atoms with E-state index in [0.29, 0.717) is 54.7 Å². The minimum atomic E-state index is -0.737. The fourth-order valence-electron chi connectivity index (χ4n) is 3.10. The van der Waals surface area contributed by atoms with Crippen molar-refractivity contribution in [1.82, 2.24) is 45.2 Å². The fourth-order valence-corrected chi connectivity index (χ4v) is 3.10. The molecule has 3 aromatic rings. The Morgan fingerprint density at radius 2 is 1.96 bits per heavy atom. The van der Waals surface area contributed by atoms with Gasteiger partial charge in [-0.05, 0) is 23.8 Å². The number of aliphatic hydroxyl groups is 1. The zero-order chi connectivity index (χ0) is 19.4. The number of aryl methyl sites for hydroxylation is 1. The van der Waals surface area contributed by atoms with Crippen molar-refractivity contribution in [1.29, 1.82) is 0 Å². The molecule has 0 aliphatic carbocycles. The van der Waals surface area contributed by atoms with Gasteiger partial charge < -0.3 is 10.0 Å². The number of rotatable bonds is 3. The molecule has 0 spiro atoms. The summed E-state index contributed by atoms with van der Waals surface area (Å²) in [5.41, 5.74) is 0.185. The van der Waals surface area contributed by atoms with E-state index in [2.05, 4.69) is 56.4 Å². The molecular weight excluding hydrogens is 348 g/mol. The maximum absolute atomic E-state index is 10.4. The maximum Gasteiger partial charge on any atom is 0.207 e. The summed E-state index contributed by atoms with van der Waals surface area (Å²) in [6, 6.07) is 0. The van der Waals surface area contributed by atoms with Crippen molar-refractivity contribution in [2.45, 2.75) is 51.7 Å². The molecule has 1 aliphatic heterocycles. The highest BCUT2D eigenvalue weighted by atomic mass is 16.3. The van der Waals surface area contributed by atoms with Gasteiger partial charge in [-0.15, -0.1) is 15.3 Å². The predicted molar refractivity (Wildman–Crippen MR) is 97.2 cm³/mol. The number of aromatic nitrogens is 9. The van der Waals surface area contributed by atoms with Gasteiger partial charge in [-0.3, -0.25) is 0 Å². The van der Waals surface area contributed by atoms with Crippen LogP contribution in [-0.4, -0.2) is 69.0 Å². The number of anilines is 1. The first-order valence-corrected chi connectivity index (χ1v) is 8.94. The molecule has 0 radical (unpaired) electrons. The van der Waals surface area contributed by atoms with Gasteiger partial charge in [0.25, 0.3) is 0 Å². The summed E-state index contributed by atoms with van der Waals surface area (Å²) in [5, 5.41) is 31.0. The summed E-state index contributed by atoms with van der Waals surface area (Å²) in [7, 11) is 1.77. The van der Waals surface area contributed by atoms with Crippen molar-refractivity contribution in [3.8, 4) is 0 Å². The number of β-amino-alcohol motifs (C(OH)–C–C–N with tert-alkyl or cyclic N) is 1. The van der Waals surface area contributed by atoms with Gasteiger partial charge in [0.1, 0.15) is 12.4 Å². The largest absolute Gasteiger partial charge is 0.388 e. The average molecular weight is 372 g/mol. The molecule has 11 nitrogen and oxygen atoms in total. The van der Waals surface area contributed by atoms with Crippen molar-refractivity contribution < 1.29 is 5.11 Å². The summed E-state index contributed by atoms with van der Waals surface area (Å²) < 4.78 is 1.58. The Kier molecular flexibility index (Phi) is 3.88.